The number of carboxylic acids is 1. The van der Waals surface area contributed by atoms with E-state index in [2.05, 4.69) is 5.32 Å². The quantitative estimate of drug-likeness (QED) is 0.720. The summed E-state index contributed by atoms with van der Waals surface area (Å²) in [7, 11) is 0. The Morgan fingerprint density at radius 1 is 1.40 bits per heavy atom. The fraction of sp³-hybridized carbons (Fsp3) is 0.385. The van der Waals surface area contributed by atoms with Gasteiger partial charge in [-0.3, -0.25) is 4.79 Å². The molecule has 110 valence electrons. The molecule has 0 saturated carbocycles. The van der Waals surface area contributed by atoms with E-state index in [0.717, 1.165) is 11.8 Å². The average molecular weight is 317 g/mol. The number of hydrogen-bond acceptors (Lipinski definition) is 4. The van der Waals surface area contributed by atoms with Crippen LogP contribution in [0.4, 0.5) is 4.39 Å². The van der Waals surface area contributed by atoms with Gasteiger partial charge in [0, 0.05) is 4.90 Å². The summed E-state index contributed by atoms with van der Waals surface area (Å²) < 4.78 is 13.3. The van der Waals surface area contributed by atoms with Crippen molar-refractivity contribution in [3.8, 4) is 0 Å². The van der Waals surface area contributed by atoms with Crippen LogP contribution in [0.1, 0.15) is 6.42 Å². The smallest absolute Gasteiger partial charge is 0.326 e. The Bertz CT molecular complexity index is 471. The Labute approximate surface area is 125 Å². The molecule has 7 heteroatoms. The van der Waals surface area contributed by atoms with Crippen molar-refractivity contribution in [2.24, 2.45) is 0 Å². The van der Waals surface area contributed by atoms with Crippen molar-refractivity contribution in [2.75, 3.05) is 17.8 Å². The number of thioether (sulfide) groups is 2. The maximum Gasteiger partial charge on any atom is 0.326 e. The third kappa shape index (κ3) is 5.83. The fourth-order valence-electron chi connectivity index (χ4n) is 1.43. The van der Waals surface area contributed by atoms with Gasteiger partial charge in [-0.1, -0.05) is 12.1 Å². The van der Waals surface area contributed by atoms with Crippen molar-refractivity contribution >= 4 is 35.4 Å². The van der Waals surface area contributed by atoms with E-state index in [1.807, 2.05) is 6.26 Å². The summed E-state index contributed by atoms with van der Waals surface area (Å²) in [5, 5.41) is 11.4. The first-order valence-corrected chi connectivity index (χ1v) is 8.31. The van der Waals surface area contributed by atoms with Crippen molar-refractivity contribution in [3.05, 3.63) is 30.1 Å². The molecule has 0 spiro atoms. The number of amides is 1. The standard InChI is InChI=1S/C13H16FNO3S2/c1-19-7-6-10(13(17)18)15-12(16)8-20-11-5-3-2-4-9(11)14/h2-5,10H,6-8H2,1H3,(H,15,16)(H,17,18)/t10-/m0/s1. The van der Waals surface area contributed by atoms with E-state index in [9.17, 15) is 14.0 Å². The van der Waals surface area contributed by atoms with Gasteiger partial charge in [0.05, 0.1) is 5.75 Å². The number of rotatable bonds is 8. The molecule has 1 aromatic rings. The second kappa shape index (κ2) is 8.86. The Hall–Kier alpha value is -1.21. The van der Waals surface area contributed by atoms with Crippen molar-refractivity contribution in [3.63, 3.8) is 0 Å². The highest BCUT2D eigenvalue weighted by atomic mass is 32.2. The van der Waals surface area contributed by atoms with E-state index in [0.29, 0.717) is 17.1 Å². The van der Waals surface area contributed by atoms with Crippen molar-refractivity contribution in [1.29, 1.82) is 0 Å². The monoisotopic (exact) mass is 317 g/mol. The molecule has 1 aromatic carbocycles. The highest BCUT2D eigenvalue weighted by molar-refractivity contribution is 8.00. The highest BCUT2D eigenvalue weighted by Gasteiger charge is 2.19. The van der Waals surface area contributed by atoms with E-state index in [1.54, 1.807) is 18.2 Å². The molecule has 0 aromatic heterocycles. The minimum atomic E-state index is -1.05. The molecule has 20 heavy (non-hydrogen) atoms. The SMILES string of the molecule is CSCC[C@H](NC(=O)CSc1ccccc1F)C(=O)O. The molecule has 0 aliphatic carbocycles. The van der Waals surface area contributed by atoms with Gasteiger partial charge in [-0.2, -0.15) is 11.8 Å². The number of nitrogens with one attached hydrogen (secondary N) is 1. The zero-order chi connectivity index (χ0) is 15.0. The second-order valence-electron chi connectivity index (χ2n) is 3.96. The number of carbonyl (C=O) groups is 2. The molecule has 0 saturated heterocycles. The number of carbonyl (C=O) groups excluding carboxylic acids is 1. The van der Waals surface area contributed by atoms with Gasteiger partial charge in [0.25, 0.3) is 0 Å². The van der Waals surface area contributed by atoms with Gasteiger partial charge in [0.1, 0.15) is 11.9 Å². The maximum absolute atomic E-state index is 13.3. The van der Waals surface area contributed by atoms with Crippen LogP contribution in [-0.2, 0) is 9.59 Å². The minimum Gasteiger partial charge on any atom is -0.480 e. The zero-order valence-corrected chi connectivity index (χ0v) is 12.6. The van der Waals surface area contributed by atoms with Crippen LogP contribution in [0.15, 0.2) is 29.2 Å². The lowest BCUT2D eigenvalue weighted by atomic mass is 10.2. The molecule has 0 radical (unpaired) electrons. The molecule has 1 atom stereocenters. The zero-order valence-electron chi connectivity index (χ0n) is 11.0. The summed E-state index contributed by atoms with van der Waals surface area (Å²) in [6, 6.07) is 5.26. The number of carboxylic acid groups (broad SMARTS) is 1. The number of aliphatic carboxylic acids is 1. The first kappa shape index (κ1) is 16.8. The molecule has 1 rings (SSSR count). The number of hydrogen-bond donors (Lipinski definition) is 2. The molecular formula is C13H16FNO3S2. The van der Waals surface area contributed by atoms with Crippen molar-refractivity contribution in [2.45, 2.75) is 17.4 Å². The predicted octanol–water partition coefficient (Wildman–Crippen LogP) is 2.24. The Morgan fingerprint density at radius 3 is 2.70 bits per heavy atom. The maximum atomic E-state index is 13.3. The molecule has 2 N–H and O–H groups in total. The van der Waals surface area contributed by atoms with E-state index in [4.69, 9.17) is 5.11 Å². The molecule has 0 fully saturated rings. The van der Waals surface area contributed by atoms with Crippen LogP contribution in [0.25, 0.3) is 0 Å². The van der Waals surface area contributed by atoms with Crippen LogP contribution in [0.3, 0.4) is 0 Å². The van der Waals surface area contributed by atoms with E-state index >= 15 is 0 Å². The summed E-state index contributed by atoms with van der Waals surface area (Å²) in [5.41, 5.74) is 0. The first-order valence-electron chi connectivity index (χ1n) is 5.93. The fourth-order valence-corrected chi connectivity index (χ4v) is 2.66. The summed E-state index contributed by atoms with van der Waals surface area (Å²) in [6.45, 7) is 0. The Balaban J connectivity index is 2.46. The molecule has 0 aliphatic rings. The van der Waals surface area contributed by atoms with Crippen LogP contribution in [-0.4, -0.2) is 40.8 Å². The molecule has 4 nitrogen and oxygen atoms in total. The predicted molar refractivity (Wildman–Crippen MR) is 79.7 cm³/mol. The highest BCUT2D eigenvalue weighted by Crippen LogP contribution is 2.20. The second-order valence-corrected chi connectivity index (χ2v) is 5.96. The van der Waals surface area contributed by atoms with Crippen LogP contribution in [0, 0.1) is 5.82 Å². The summed E-state index contributed by atoms with van der Waals surface area (Å²) in [4.78, 5) is 23.0. The number of benzene rings is 1. The van der Waals surface area contributed by atoms with Crippen LogP contribution in [0.2, 0.25) is 0 Å². The van der Waals surface area contributed by atoms with Gasteiger partial charge in [-0.25, -0.2) is 9.18 Å². The van der Waals surface area contributed by atoms with E-state index in [1.165, 1.54) is 17.8 Å². The molecule has 0 unspecified atom stereocenters. The normalized spacial score (nSPS) is 11.9. The summed E-state index contributed by atoms with van der Waals surface area (Å²) in [5.74, 6) is -1.21. The van der Waals surface area contributed by atoms with Gasteiger partial charge in [-0.05, 0) is 30.6 Å². The van der Waals surface area contributed by atoms with Gasteiger partial charge in [-0.15, -0.1) is 11.8 Å². The Morgan fingerprint density at radius 2 is 2.10 bits per heavy atom. The lowest BCUT2D eigenvalue weighted by molar-refractivity contribution is -0.141. The van der Waals surface area contributed by atoms with Crippen molar-refractivity contribution < 1.29 is 19.1 Å². The molecule has 1 amide bonds. The molecule has 0 bridgehead atoms. The lowest BCUT2D eigenvalue weighted by Crippen LogP contribution is -2.42. The van der Waals surface area contributed by atoms with E-state index in [-0.39, 0.29) is 11.6 Å². The number of halogens is 1. The third-order valence-corrected chi connectivity index (χ3v) is 4.13. The van der Waals surface area contributed by atoms with Crippen molar-refractivity contribution in [1.82, 2.24) is 5.32 Å². The van der Waals surface area contributed by atoms with Gasteiger partial charge < -0.3 is 10.4 Å². The van der Waals surface area contributed by atoms with E-state index < -0.39 is 17.9 Å². The topological polar surface area (TPSA) is 66.4 Å². The van der Waals surface area contributed by atoms with Crippen LogP contribution < -0.4 is 5.32 Å². The van der Waals surface area contributed by atoms with Gasteiger partial charge >= 0.3 is 5.97 Å². The summed E-state index contributed by atoms with van der Waals surface area (Å²) in [6.07, 6.45) is 2.24. The molecule has 0 aliphatic heterocycles. The lowest BCUT2D eigenvalue weighted by Gasteiger charge is -2.13. The molecular weight excluding hydrogens is 301 g/mol. The van der Waals surface area contributed by atoms with Crippen LogP contribution >= 0.6 is 23.5 Å². The van der Waals surface area contributed by atoms with Gasteiger partial charge in [0.2, 0.25) is 5.91 Å². The minimum absolute atomic E-state index is 0.00994. The Kier molecular flexibility index (Phi) is 7.46. The third-order valence-electron chi connectivity index (χ3n) is 2.44. The average Bonchev–Trinajstić information content (AvgIpc) is 2.42. The summed E-state index contributed by atoms with van der Waals surface area (Å²) >= 11 is 2.56. The first-order chi connectivity index (χ1) is 9.54. The largest absolute Gasteiger partial charge is 0.480 e. The van der Waals surface area contributed by atoms with Crippen LogP contribution in [0.5, 0.6) is 0 Å². The molecule has 0 heterocycles. The van der Waals surface area contributed by atoms with Gasteiger partial charge in [0.15, 0.2) is 0 Å².